The number of anilines is 2. The molecule has 1 unspecified atom stereocenters. The van der Waals surface area contributed by atoms with Crippen molar-refractivity contribution in [2.24, 2.45) is 0 Å². The van der Waals surface area contributed by atoms with E-state index in [-0.39, 0.29) is 18.4 Å². The zero-order chi connectivity index (χ0) is 19.2. The maximum Gasteiger partial charge on any atom is 0.282 e. The van der Waals surface area contributed by atoms with E-state index >= 15 is 0 Å². The Morgan fingerprint density at radius 2 is 1.85 bits per heavy atom. The first-order valence-corrected chi connectivity index (χ1v) is 9.27. The smallest absolute Gasteiger partial charge is 0.282 e. The fraction of sp³-hybridized carbons (Fsp3) is 0.333. The first-order valence-electron chi connectivity index (χ1n) is 9.27. The van der Waals surface area contributed by atoms with E-state index in [2.05, 4.69) is 11.4 Å². The molecule has 0 spiro atoms. The Morgan fingerprint density at radius 3 is 2.63 bits per heavy atom. The molecule has 2 aromatic rings. The zero-order valence-electron chi connectivity index (χ0n) is 15.8. The lowest BCUT2D eigenvalue weighted by atomic mass is 10.2. The number of methoxy groups -OCH3 is 1. The van der Waals surface area contributed by atoms with E-state index in [1.165, 1.54) is 5.56 Å². The van der Waals surface area contributed by atoms with E-state index in [4.69, 9.17) is 4.74 Å². The van der Waals surface area contributed by atoms with E-state index in [1.54, 1.807) is 19.2 Å². The number of likely N-dealkylation sites (N-methyl/N-ethyl adjacent to an activating group) is 1. The molecule has 0 fully saturated rings. The number of hydrogen-bond donors (Lipinski definition) is 2. The number of rotatable bonds is 7. The largest absolute Gasteiger partial charge is 0.495 e. The molecule has 27 heavy (non-hydrogen) atoms. The van der Waals surface area contributed by atoms with Gasteiger partial charge in [-0.15, -0.1) is 0 Å². The first-order chi connectivity index (χ1) is 13.1. The SMILES string of the molecule is CC[NH+](CC(=O)Nc1ccccc1OC)CC(=O)N1CCc2ccccc21. The quantitative estimate of drug-likeness (QED) is 0.770. The molecule has 0 aliphatic carbocycles. The molecule has 1 aliphatic heterocycles. The van der Waals surface area contributed by atoms with E-state index in [9.17, 15) is 9.59 Å². The van der Waals surface area contributed by atoms with Gasteiger partial charge in [-0.25, -0.2) is 0 Å². The molecule has 1 aliphatic rings. The van der Waals surface area contributed by atoms with Gasteiger partial charge in [0.2, 0.25) is 0 Å². The Balaban J connectivity index is 1.59. The van der Waals surface area contributed by atoms with Gasteiger partial charge in [-0.1, -0.05) is 30.3 Å². The van der Waals surface area contributed by atoms with Crippen LogP contribution in [0, 0.1) is 0 Å². The molecule has 0 saturated heterocycles. The van der Waals surface area contributed by atoms with Gasteiger partial charge in [0, 0.05) is 12.2 Å². The number of fused-ring (bicyclic) bond motifs is 1. The van der Waals surface area contributed by atoms with Crippen LogP contribution in [-0.4, -0.2) is 45.1 Å². The van der Waals surface area contributed by atoms with Gasteiger partial charge in [-0.3, -0.25) is 9.59 Å². The predicted molar refractivity (Wildman–Crippen MR) is 105 cm³/mol. The van der Waals surface area contributed by atoms with Gasteiger partial charge in [-0.2, -0.15) is 0 Å². The van der Waals surface area contributed by atoms with Crippen molar-refractivity contribution in [2.75, 3.05) is 43.5 Å². The summed E-state index contributed by atoms with van der Waals surface area (Å²) in [6.45, 7) is 3.92. The number of amides is 2. The second kappa shape index (κ2) is 8.68. The Hall–Kier alpha value is -2.86. The van der Waals surface area contributed by atoms with Crippen molar-refractivity contribution >= 4 is 23.2 Å². The van der Waals surface area contributed by atoms with Crippen LogP contribution < -0.4 is 19.9 Å². The lowest BCUT2D eigenvalue weighted by Gasteiger charge is -2.22. The van der Waals surface area contributed by atoms with Crippen molar-refractivity contribution in [1.29, 1.82) is 0 Å². The van der Waals surface area contributed by atoms with Gasteiger partial charge in [0.05, 0.1) is 19.3 Å². The van der Waals surface area contributed by atoms with Crippen LogP contribution in [0.5, 0.6) is 5.75 Å². The van der Waals surface area contributed by atoms with Crippen LogP contribution in [-0.2, 0) is 16.0 Å². The molecule has 2 N–H and O–H groups in total. The third-order valence-corrected chi connectivity index (χ3v) is 4.88. The highest BCUT2D eigenvalue weighted by Crippen LogP contribution is 2.27. The number of nitrogens with zero attached hydrogens (tertiary/aromatic N) is 1. The number of hydrogen-bond acceptors (Lipinski definition) is 3. The van der Waals surface area contributed by atoms with Gasteiger partial charge in [0.15, 0.2) is 13.1 Å². The molecule has 1 heterocycles. The standard InChI is InChI=1S/C21H25N3O3/c1-3-23(14-20(25)22-17-9-5-7-11-19(17)27-2)15-21(26)24-13-12-16-8-4-6-10-18(16)24/h4-11H,3,12-15H2,1-2H3,(H,22,25)/p+1. The first kappa shape index (κ1) is 18.9. The molecule has 0 saturated carbocycles. The monoisotopic (exact) mass is 368 g/mol. The Labute approximate surface area is 159 Å². The Kier molecular flexibility index (Phi) is 6.08. The van der Waals surface area contributed by atoms with Crippen LogP contribution in [0.15, 0.2) is 48.5 Å². The fourth-order valence-corrected chi connectivity index (χ4v) is 3.39. The van der Waals surface area contributed by atoms with E-state index in [1.807, 2.05) is 42.2 Å². The van der Waals surface area contributed by atoms with Crippen LogP contribution in [0.1, 0.15) is 12.5 Å². The molecule has 2 aromatic carbocycles. The average Bonchev–Trinajstić information content (AvgIpc) is 3.12. The summed E-state index contributed by atoms with van der Waals surface area (Å²) in [5, 5.41) is 2.87. The van der Waals surface area contributed by atoms with Crippen molar-refractivity contribution in [2.45, 2.75) is 13.3 Å². The maximum absolute atomic E-state index is 12.8. The highest BCUT2D eigenvalue weighted by Gasteiger charge is 2.27. The Morgan fingerprint density at radius 1 is 1.11 bits per heavy atom. The zero-order valence-corrected chi connectivity index (χ0v) is 15.8. The molecular formula is C21H26N3O3+. The summed E-state index contributed by atoms with van der Waals surface area (Å²) in [4.78, 5) is 28.0. The minimum atomic E-state index is -0.133. The minimum Gasteiger partial charge on any atom is -0.495 e. The molecule has 6 nitrogen and oxygen atoms in total. The average molecular weight is 368 g/mol. The van der Waals surface area contributed by atoms with Crippen LogP contribution in [0.2, 0.25) is 0 Å². The molecule has 142 valence electrons. The number of carbonyl (C=O) groups is 2. The normalized spacial score (nSPS) is 13.8. The lowest BCUT2D eigenvalue weighted by molar-refractivity contribution is -0.881. The number of quaternary nitrogens is 1. The lowest BCUT2D eigenvalue weighted by Crippen LogP contribution is -3.14. The number of ether oxygens (including phenoxy) is 1. The summed E-state index contributed by atoms with van der Waals surface area (Å²) in [5.41, 5.74) is 2.84. The van der Waals surface area contributed by atoms with Gasteiger partial charge < -0.3 is 19.9 Å². The molecule has 0 aromatic heterocycles. The molecule has 2 amide bonds. The third-order valence-electron chi connectivity index (χ3n) is 4.88. The number of para-hydroxylation sites is 3. The van der Waals surface area contributed by atoms with E-state index in [0.717, 1.165) is 17.0 Å². The summed E-state index contributed by atoms with van der Waals surface area (Å²) in [5.74, 6) is 0.543. The van der Waals surface area contributed by atoms with Crippen LogP contribution in [0.25, 0.3) is 0 Å². The van der Waals surface area contributed by atoms with Crippen molar-refractivity contribution in [3.8, 4) is 5.75 Å². The predicted octanol–water partition coefficient (Wildman–Crippen LogP) is 1.13. The minimum absolute atomic E-state index is 0.0573. The van der Waals surface area contributed by atoms with Crippen molar-refractivity contribution in [1.82, 2.24) is 0 Å². The summed E-state index contributed by atoms with van der Waals surface area (Å²) < 4.78 is 5.26. The summed E-state index contributed by atoms with van der Waals surface area (Å²) in [6, 6.07) is 15.3. The topological polar surface area (TPSA) is 63.1 Å². The number of carbonyl (C=O) groups excluding carboxylic acids is 2. The third kappa shape index (κ3) is 4.46. The summed E-state index contributed by atoms with van der Waals surface area (Å²) in [6.07, 6.45) is 0.887. The van der Waals surface area contributed by atoms with Crippen molar-refractivity contribution < 1.29 is 19.2 Å². The number of benzene rings is 2. The van der Waals surface area contributed by atoms with Crippen LogP contribution in [0.4, 0.5) is 11.4 Å². The van der Waals surface area contributed by atoms with Crippen LogP contribution in [0.3, 0.4) is 0 Å². The fourth-order valence-electron chi connectivity index (χ4n) is 3.39. The molecule has 1 atom stereocenters. The van der Waals surface area contributed by atoms with E-state index in [0.29, 0.717) is 31.1 Å². The van der Waals surface area contributed by atoms with Gasteiger partial charge >= 0.3 is 0 Å². The maximum atomic E-state index is 12.8. The molecule has 3 rings (SSSR count). The second-order valence-electron chi connectivity index (χ2n) is 6.63. The van der Waals surface area contributed by atoms with Gasteiger partial charge in [0.25, 0.3) is 11.8 Å². The van der Waals surface area contributed by atoms with Crippen molar-refractivity contribution in [3.63, 3.8) is 0 Å². The highest BCUT2D eigenvalue weighted by atomic mass is 16.5. The second-order valence-corrected chi connectivity index (χ2v) is 6.63. The Bertz CT molecular complexity index is 822. The summed E-state index contributed by atoms with van der Waals surface area (Å²) >= 11 is 0. The van der Waals surface area contributed by atoms with E-state index < -0.39 is 0 Å². The molecule has 0 radical (unpaired) electrons. The number of nitrogens with one attached hydrogen (secondary N) is 2. The highest BCUT2D eigenvalue weighted by molar-refractivity contribution is 5.96. The van der Waals surface area contributed by atoms with Gasteiger partial charge in [0.1, 0.15) is 5.75 Å². The van der Waals surface area contributed by atoms with Crippen LogP contribution >= 0.6 is 0 Å². The summed E-state index contributed by atoms with van der Waals surface area (Å²) in [7, 11) is 1.57. The molecule has 0 bridgehead atoms. The van der Waals surface area contributed by atoms with Crippen molar-refractivity contribution in [3.05, 3.63) is 54.1 Å². The molecular weight excluding hydrogens is 342 g/mol. The molecule has 6 heteroatoms. The van der Waals surface area contributed by atoms with Gasteiger partial charge in [-0.05, 0) is 37.1 Å².